The number of nitrogens with one attached hydrogen (secondary N) is 1. The molecule has 1 aromatic heterocycles. The predicted octanol–water partition coefficient (Wildman–Crippen LogP) is 1.29. The summed E-state index contributed by atoms with van der Waals surface area (Å²) in [6.45, 7) is 1.13. The molecular weight excluding hydrogens is 204 g/mol. The molecule has 0 amide bonds. The highest BCUT2D eigenvalue weighted by Crippen LogP contribution is 2.16. The summed E-state index contributed by atoms with van der Waals surface area (Å²) in [7, 11) is 1.64. The molecule has 2 N–H and O–H groups in total. The second-order valence-corrected chi connectivity index (χ2v) is 3.11. The molecule has 0 spiro atoms. The molecule has 78 valence electrons. The molecule has 0 radical (unpaired) electrons. The van der Waals surface area contributed by atoms with Gasteiger partial charge in [-0.2, -0.15) is 0 Å². The van der Waals surface area contributed by atoms with E-state index in [2.05, 4.69) is 10.3 Å². The molecule has 4 nitrogen and oxygen atoms in total. The van der Waals surface area contributed by atoms with Gasteiger partial charge in [-0.3, -0.25) is 0 Å². The summed E-state index contributed by atoms with van der Waals surface area (Å²) < 4.78 is 4.88. The third-order valence-electron chi connectivity index (χ3n) is 1.68. The first-order chi connectivity index (χ1) is 6.77. The van der Waals surface area contributed by atoms with Crippen molar-refractivity contribution in [3.05, 3.63) is 22.8 Å². The Hall–Kier alpha value is -0.840. The Bertz CT molecular complexity index is 294. The van der Waals surface area contributed by atoms with Crippen LogP contribution in [-0.2, 0) is 11.3 Å². The number of aromatic nitrogens is 1. The summed E-state index contributed by atoms with van der Waals surface area (Å²) in [5.41, 5.74) is 0.481. The molecule has 5 heteroatoms. The zero-order valence-electron chi connectivity index (χ0n) is 7.96. The van der Waals surface area contributed by atoms with Crippen LogP contribution in [0.25, 0.3) is 0 Å². The molecule has 0 unspecified atom stereocenters. The van der Waals surface area contributed by atoms with Crippen LogP contribution in [0.4, 0.5) is 5.82 Å². The average Bonchev–Trinajstić information content (AvgIpc) is 2.21. The number of methoxy groups -OCH3 is 1. The Labute approximate surface area is 87.9 Å². The van der Waals surface area contributed by atoms with Crippen molar-refractivity contribution in [2.45, 2.75) is 6.61 Å². The average molecular weight is 217 g/mol. The predicted molar refractivity (Wildman–Crippen MR) is 55.5 cm³/mol. The number of ether oxygens (including phenoxy) is 1. The minimum absolute atomic E-state index is 0.154. The Balaban J connectivity index is 2.60. The van der Waals surface area contributed by atoms with E-state index < -0.39 is 0 Å². The maximum atomic E-state index is 8.92. The lowest BCUT2D eigenvalue weighted by Crippen LogP contribution is -2.09. The van der Waals surface area contributed by atoms with Crippen molar-refractivity contribution in [1.29, 1.82) is 0 Å². The maximum Gasteiger partial charge on any atom is 0.126 e. The summed E-state index contributed by atoms with van der Waals surface area (Å²) in [6.07, 6.45) is 0. The van der Waals surface area contributed by atoms with Gasteiger partial charge < -0.3 is 15.2 Å². The molecule has 0 atom stereocenters. The van der Waals surface area contributed by atoms with Gasteiger partial charge in [0.05, 0.1) is 23.9 Å². The Morgan fingerprint density at radius 2 is 2.36 bits per heavy atom. The smallest absolute Gasteiger partial charge is 0.126 e. The van der Waals surface area contributed by atoms with Crippen molar-refractivity contribution < 1.29 is 9.84 Å². The Morgan fingerprint density at radius 1 is 1.57 bits per heavy atom. The van der Waals surface area contributed by atoms with E-state index in [1.165, 1.54) is 0 Å². The second kappa shape index (κ2) is 5.80. The number of aliphatic hydroxyl groups excluding tert-OH is 1. The quantitative estimate of drug-likeness (QED) is 0.729. The number of nitrogens with zero attached hydrogens (tertiary/aromatic N) is 1. The zero-order valence-corrected chi connectivity index (χ0v) is 8.71. The van der Waals surface area contributed by atoms with Crippen molar-refractivity contribution >= 4 is 17.4 Å². The fraction of sp³-hybridized carbons (Fsp3) is 0.444. The maximum absolute atomic E-state index is 8.92. The van der Waals surface area contributed by atoms with Crippen molar-refractivity contribution in [1.82, 2.24) is 4.98 Å². The first-order valence-electron chi connectivity index (χ1n) is 4.27. The summed E-state index contributed by atoms with van der Waals surface area (Å²) in [5, 5.41) is 12.4. The number of hydrogen-bond acceptors (Lipinski definition) is 4. The molecule has 1 heterocycles. The molecule has 0 saturated heterocycles. The highest BCUT2D eigenvalue weighted by atomic mass is 35.5. The van der Waals surface area contributed by atoms with Crippen LogP contribution in [-0.4, -0.2) is 30.4 Å². The van der Waals surface area contributed by atoms with Crippen LogP contribution in [0.15, 0.2) is 12.1 Å². The van der Waals surface area contributed by atoms with Crippen LogP contribution >= 0.6 is 11.6 Å². The molecule has 0 aliphatic heterocycles. The van der Waals surface area contributed by atoms with Gasteiger partial charge in [0.1, 0.15) is 5.82 Å². The van der Waals surface area contributed by atoms with E-state index in [1.54, 1.807) is 19.2 Å². The summed E-state index contributed by atoms with van der Waals surface area (Å²) in [4.78, 5) is 4.11. The van der Waals surface area contributed by atoms with Crippen LogP contribution in [0.1, 0.15) is 5.69 Å². The van der Waals surface area contributed by atoms with Gasteiger partial charge in [-0.25, -0.2) is 4.98 Å². The third-order valence-corrected chi connectivity index (χ3v) is 2.02. The van der Waals surface area contributed by atoms with E-state index in [1.807, 2.05) is 0 Å². The standard InChI is InChI=1S/C9H13ClN2O2/c1-14-5-4-11-9-3-2-7(10)8(6-13)12-9/h2-3,13H,4-6H2,1H3,(H,11,12). The van der Waals surface area contributed by atoms with E-state index >= 15 is 0 Å². The van der Waals surface area contributed by atoms with Crippen molar-refractivity contribution in [3.8, 4) is 0 Å². The number of anilines is 1. The summed E-state index contributed by atoms with van der Waals surface area (Å²) >= 11 is 5.78. The summed E-state index contributed by atoms with van der Waals surface area (Å²) in [6, 6.07) is 3.46. The molecule has 0 aliphatic carbocycles. The molecule has 0 aliphatic rings. The fourth-order valence-corrected chi connectivity index (χ4v) is 1.14. The number of pyridine rings is 1. The van der Waals surface area contributed by atoms with Gasteiger partial charge in [0.2, 0.25) is 0 Å². The summed E-state index contributed by atoms with van der Waals surface area (Å²) in [5.74, 6) is 0.690. The van der Waals surface area contributed by atoms with Gasteiger partial charge in [0.15, 0.2) is 0 Å². The molecule has 0 bridgehead atoms. The van der Waals surface area contributed by atoms with Crippen LogP contribution in [0, 0.1) is 0 Å². The van der Waals surface area contributed by atoms with E-state index in [4.69, 9.17) is 21.4 Å². The highest BCUT2D eigenvalue weighted by molar-refractivity contribution is 6.31. The minimum atomic E-state index is -0.154. The Morgan fingerprint density at radius 3 is 3.00 bits per heavy atom. The lowest BCUT2D eigenvalue weighted by atomic mass is 10.3. The monoisotopic (exact) mass is 216 g/mol. The van der Waals surface area contributed by atoms with Crippen LogP contribution < -0.4 is 5.32 Å². The lowest BCUT2D eigenvalue weighted by molar-refractivity contribution is 0.210. The number of rotatable bonds is 5. The topological polar surface area (TPSA) is 54.4 Å². The molecule has 0 aromatic carbocycles. The van der Waals surface area contributed by atoms with Gasteiger partial charge in [-0.15, -0.1) is 0 Å². The van der Waals surface area contributed by atoms with Crippen LogP contribution in [0.2, 0.25) is 5.02 Å². The van der Waals surface area contributed by atoms with E-state index in [0.29, 0.717) is 29.7 Å². The first kappa shape index (κ1) is 11.2. The second-order valence-electron chi connectivity index (χ2n) is 2.70. The van der Waals surface area contributed by atoms with Gasteiger partial charge >= 0.3 is 0 Å². The molecule has 0 saturated carbocycles. The van der Waals surface area contributed by atoms with Crippen molar-refractivity contribution in [2.24, 2.45) is 0 Å². The van der Waals surface area contributed by atoms with Gasteiger partial charge in [0.25, 0.3) is 0 Å². The van der Waals surface area contributed by atoms with Crippen LogP contribution in [0.5, 0.6) is 0 Å². The lowest BCUT2D eigenvalue weighted by Gasteiger charge is -2.06. The van der Waals surface area contributed by atoms with E-state index in [-0.39, 0.29) is 6.61 Å². The number of aliphatic hydroxyl groups is 1. The fourth-order valence-electron chi connectivity index (χ4n) is 0.975. The third kappa shape index (κ3) is 3.14. The zero-order chi connectivity index (χ0) is 10.4. The Kier molecular flexibility index (Phi) is 4.65. The largest absolute Gasteiger partial charge is 0.390 e. The van der Waals surface area contributed by atoms with Gasteiger partial charge in [0, 0.05) is 13.7 Å². The number of halogens is 1. The van der Waals surface area contributed by atoms with Gasteiger partial charge in [-0.1, -0.05) is 11.6 Å². The first-order valence-corrected chi connectivity index (χ1v) is 4.65. The molecule has 14 heavy (non-hydrogen) atoms. The molecule has 1 rings (SSSR count). The van der Waals surface area contributed by atoms with E-state index in [9.17, 15) is 0 Å². The molecule has 1 aromatic rings. The molecule has 0 fully saturated rings. The SMILES string of the molecule is COCCNc1ccc(Cl)c(CO)n1. The normalized spacial score (nSPS) is 10.2. The van der Waals surface area contributed by atoms with E-state index in [0.717, 1.165) is 0 Å². The van der Waals surface area contributed by atoms with Crippen molar-refractivity contribution in [3.63, 3.8) is 0 Å². The van der Waals surface area contributed by atoms with Gasteiger partial charge in [-0.05, 0) is 12.1 Å². The van der Waals surface area contributed by atoms with Crippen molar-refractivity contribution in [2.75, 3.05) is 25.6 Å². The van der Waals surface area contributed by atoms with Crippen LogP contribution in [0.3, 0.4) is 0 Å². The molecular formula is C9H13ClN2O2. The number of hydrogen-bond donors (Lipinski definition) is 2. The highest BCUT2D eigenvalue weighted by Gasteiger charge is 2.01. The minimum Gasteiger partial charge on any atom is -0.390 e.